The van der Waals surface area contributed by atoms with E-state index >= 15 is 0 Å². The van der Waals surface area contributed by atoms with Crippen LogP contribution in [0.15, 0.2) is 22.7 Å². The Kier molecular flexibility index (Phi) is 5.08. The predicted molar refractivity (Wildman–Crippen MR) is 66.1 cm³/mol. The second kappa shape index (κ2) is 6.10. The van der Waals surface area contributed by atoms with Gasteiger partial charge in [-0.3, -0.25) is 0 Å². The molecular formula is C11H17BrN2O. The molecule has 0 radical (unpaired) electrons. The third kappa shape index (κ3) is 4.20. The number of rotatable bonds is 5. The minimum absolute atomic E-state index is 0.170. The molecule has 3 nitrogen and oxygen atoms in total. The minimum atomic E-state index is 0.170. The summed E-state index contributed by atoms with van der Waals surface area (Å²) in [5.41, 5.74) is 6.79. The lowest BCUT2D eigenvalue weighted by molar-refractivity contribution is 0.407. The Morgan fingerprint density at radius 1 is 1.53 bits per heavy atom. The van der Waals surface area contributed by atoms with Gasteiger partial charge in [-0.25, -0.2) is 0 Å². The van der Waals surface area contributed by atoms with Crippen molar-refractivity contribution in [2.75, 3.05) is 13.7 Å². The van der Waals surface area contributed by atoms with E-state index in [4.69, 9.17) is 10.5 Å². The third-order valence-corrected chi connectivity index (χ3v) is 2.52. The Bertz CT molecular complexity index is 315. The number of halogens is 1. The molecule has 0 saturated carbocycles. The van der Waals surface area contributed by atoms with E-state index in [1.54, 1.807) is 7.11 Å². The number of hydrogen-bond donors (Lipinski definition) is 2. The molecule has 3 N–H and O–H groups in total. The molecule has 15 heavy (non-hydrogen) atoms. The van der Waals surface area contributed by atoms with Crippen molar-refractivity contribution in [3.8, 4) is 5.75 Å². The van der Waals surface area contributed by atoms with Crippen molar-refractivity contribution in [2.24, 2.45) is 5.73 Å². The predicted octanol–water partition coefficient (Wildman–Crippen LogP) is 1.89. The Hall–Kier alpha value is -0.580. The summed E-state index contributed by atoms with van der Waals surface area (Å²) >= 11 is 3.44. The molecule has 0 fully saturated rings. The number of hydrogen-bond acceptors (Lipinski definition) is 3. The Balaban J connectivity index is 2.62. The molecule has 0 aliphatic carbocycles. The zero-order valence-electron chi connectivity index (χ0n) is 9.09. The number of methoxy groups -OCH3 is 1. The van der Waals surface area contributed by atoms with Crippen LogP contribution in [0.4, 0.5) is 0 Å². The first-order valence-corrected chi connectivity index (χ1v) is 5.71. The number of ether oxygens (including phenoxy) is 1. The Morgan fingerprint density at radius 2 is 2.27 bits per heavy atom. The SMILES string of the molecule is COc1ccc(Br)cc1CNCC(C)N. The van der Waals surface area contributed by atoms with E-state index in [0.717, 1.165) is 28.9 Å². The lowest BCUT2D eigenvalue weighted by Gasteiger charge is -2.11. The molecule has 1 rings (SSSR count). The normalized spacial score (nSPS) is 12.5. The van der Waals surface area contributed by atoms with Gasteiger partial charge in [0, 0.05) is 29.2 Å². The van der Waals surface area contributed by atoms with E-state index in [0.29, 0.717) is 0 Å². The topological polar surface area (TPSA) is 47.3 Å². The van der Waals surface area contributed by atoms with Crippen molar-refractivity contribution in [3.05, 3.63) is 28.2 Å². The summed E-state index contributed by atoms with van der Waals surface area (Å²) in [5, 5.41) is 3.28. The zero-order valence-corrected chi connectivity index (χ0v) is 10.7. The molecule has 84 valence electrons. The number of benzene rings is 1. The molecule has 0 aromatic heterocycles. The van der Waals surface area contributed by atoms with Crippen LogP contribution >= 0.6 is 15.9 Å². The fraction of sp³-hybridized carbons (Fsp3) is 0.455. The summed E-state index contributed by atoms with van der Waals surface area (Å²) in [6, 6.07) is 6.14. The van der Waals surface area contributed by atoms with Gasteiger partial charge >= 0.3 is 0 Å². The first kappa shape index (κ1) is 12.5. The van der Waals surface area contributed by atoms with Gasteiger partial charge in [0.2, 0.25) is 0 Å². The van der Waals surface area contributed by atoms with E-state index in [2.05, 4.69) is 21.2 Å². The molecule has 0 aliphatic rings. The van der Waals surface area contributed by atoms with Crippen LogP contribution in [-0.4, -0.2) is 19.7 Å². The monoisotopic (exact) mass is 272 g/mol. The smallest absolute Gasteiger partial charge is 0.123 e. The molecular weight excluding hydrogens is 256 g/mol. The molecule has 1 atom stereocenters. The standard InChI is InChI=1S/C11H17BrN2O/c1-8(13)6-14-7-9-5-10(12)3-4-11(9)15-2/h3-5,8,14H,6-7,13H2,1-2H3. The molecule has 0 saturated heterocycles. The molecule has 0 aliphatic heterocycles. The van der Waals surface area contributed by atoms with Crippen LogP contribution in [0.3, 0.4) is 0 Å². The first-order valence-electron chi connectivity index (χ1n) is 4.92. The van der Waals surface area contributed by atoms with Crippen LogP contribution < -0.4 is 15.8 Å². The molecule has 0 bridgehead atoms. The highest BCUT2D eigenvalue weighted by atomic mass is 79.9. The second-order valence-electron chi connectivity index (χ2n) is 3.56. The summed E-state index contributed by atoms with van der Waals surface area (Å²) in [6.07, 6.45) is 0. The van der Waals surface area contributed by atoms with Crippen LogP contribution in [0.25, 0.3) is 0 Å². The van der Waals surface area contributed by atoms with Gasteiger partial charge in [0.25, 0.3) is 0 Å². The maximum Gasteiger partial charge on any atom is 0.123 e. The fourth-order valence-corrected chi connectivity index (χ4v) is 1.73. The van der Waals surface area contributed by atoms with E-state index in [9.17, 15) is 0 Å². The fourth-order valence-electron chi connectivity index (χ4n) is 1.32. The van der Waals surface area contributed by atoms with Crippen LogP contribution in [0.1, 0.15) is 12.5 Å². The molecule has 1 unspecified atom stereocenters. The van der Waals surface area contributed by atoms with Gasteiger partial charge < -0.3 is 15.8 Å². The van der Waals surface area contributed by atoms with Crippen molar-refractivity contribution in [2.45, 2.75) is 19.5 Å². The molecule has 0 spiro atoms. The van der Waals surface area contributed by atoms with Crippen LogP contribution in [0.5, 0.6) is 5.75 Å². The highest BCUT2D eigenvalue weighted by molar-refractivity contribution is 9.10. The average molecular weight is 273 g/mol. The van der Waals surface area contributed by atoms with Crippen molar-refractivity contribution >= 4 is 15.9 Å². The maximum absolute atomic E-state index is 5.65. The lowest BCUT2D eigenvalue weighted by atomic mass is 10.2. The zero-order chi connectivity index (χ0) is 11.3. The lowest BCUT2D eigenvalue weighted by Crippen LogP contribution is -2.30. The molecule has 1 aromatic rings. The number of nitrogens with one attached hydrogen (secondary N) is 1. The first-order chi connectivity index (χ1) is 7.13. The average Bonchev–Trinajstić information content (AvgIpc) is 2.17. The van der Waals surface area contributed by atoms with Crippen molar-refractivity contribution in [1.29, 1.82) is 0 Å². The van der Waals surface area contributed by atoms with Gasteiger partial charge in [0.1, 0.15) is 5.75 Å². The van der Waals surface area contributed by atoms with Crippen molar-refractivity contribution in [3.63, 3.8) is 0 Å². The van der Waals surface area contributed by atoms with Crippen LogP contribution in [-0.2, 0) is 6.54 Å². The quantitative estimate of drug-likeness (QED) is 0.861. The minimum Gasteiger partial charge on any atom is -0.496 e. The summed E-state index contributed by atoms with van der Waals surface area (Å²) in [4.78, 5) is 0. The Morgan fingerprint density at radius 3 is 2.87 bits per heavy atom. The third-order valence-electron chi connectivity index (χ3n) is 2.02. The van der Waals surface area contributed by atoms with Gasteiger partial charge in [0.05, 0.1) is 7.11 Å². The molecule has 0 amide bonds. The van der Waals surface area contributed by atoms with Gasteiger partial charge in [-0.1, -0.05) is 15.9 Å². The summed E-state index contributed by atoms with van der Waals surface area (Å²) in [6.45, 7) is 3.55. The van der Waals surface area contributed by atoms with Crippen molar-refractivity contribution < 1.29 is 4.74 Å². The van der Waals surface area contributed by atoms with E-state index < -0.39 is 0 Å². The Labute approximate surface area is 99.1 Å². The molecule has 1 aromatic carbocycles. The second-order valence-corrected chi connectivity index (χ2v) is 4.48. The summed E-state index contributed by atoms with van der Waals surface area (Å²) in [5.74, 6) is 0.898. The summed E-state index contributed by atoms with van der Waals surface area (Å²) in [7, 11) is 1.68. The van der Waals surface area contributed by atoms with Gasteiger partial charge in [0.15, 0.2) is 0 Å². The van der Waals surface area contributed by atoms with Crippen molar-refractivity contribution in [1.82, 2.24) is 5.32 Å². The van der Waals surface area contributed by atoms with E-state index in [-0.39, 0.29) is 6.04 Å². The van der Waals surface area contributed by atoms with E-state index in [1.165, 1.54) is 0 Å². The molecule has 4 heteroatoms. The van der Waals surface area contributed by atoms with Gasteiger partial charge in [-0.2, -0.15) is 0 Å². The maximum atomic E-state index is 5.65. The highest BCUT2D eigenvalue weighted by Gasteiger charge is 2.03. The van der Waals surface area contributed by atoms with Gasteiger partial charge in [-0.15, -0.1) is 0 Å². The number of nitrogens with two attached hydrogens (primary N) is 1. The largest absolute Gasteiger partial charge is 0.496 e. The highest BCUT2D eigenvalue weighted by Crippen LogP contribution is 2.22. The van der Waals surface area contributed by atoms with Gasteiger partial charge in [-0.05, 0) is 25.1 Å². The summed E-state index contributed by atoms with van der Waals surface area (Å²) < 4.78 is 6.32. The van der Waals surface area contributed by atoms with E-state index in [1.807, 2.05) is 25.1 Å². The molecule has 0 heterocycles. The van der Waals surface area contributed by atoms with Crippen LogP contribution in [0, 0.1) is 0 Å². The van der Waals surface area contributed by atoms with Crippen LogP contribution in [0.2, 0.25) is 0 Å².